The van der Waals surface area contributed by atoms with E-state index in [0.717, 1.165) is 11.1 Å². The predicted molar refractivity (Wildman–Crippen MR) is 100 cm³/mol. The molecule has 1 heterocycles. The summed E-state index contributed by atoms with van der Waals surface area (Å²) in [6.45, 7) is 1.86. The monoisotopic (exact) mass is 372 g/mol. The number of carbonyl (C=O) groups excluding carboxylic acids is 2. The molecule has 0 aromatic heterocycles. The number of carbonyl (C=O) groups is 2. The van der Waals surface area contributed by atoms with Crippen LogP contribution in [0.2, 0.25) is 5.02 Å². The number of benzene rings is 2. The van der Waals surface area contributed by atoms with Crippen LogP contribution in [0.25, 0.3) is 0 Å². The molecule has 6 heteroatoms. The van der Waals surface area contributed by atoms with Crippen LogP contribution in [0.4, 0.5) is 4.79 Å². The molecule has 2 amide bonds. The Morgan fingerprint density at radius 3 is 2.46 bits per heavy atom. The van der Waals surface area contributed by atoms with E-state index in [0.29, 0.717) is 37.7 Å². The highest BCUT2D eigenvalue weighted by Gasteiger charge is 2.22. The van der Waals surface area contributed by atoms with Gasteiger partial charge in [-0.05, 0) is 23.3 Å². The molecule has 0 unspecified atom stereocenters. The van der Waals surface area contributed by atoms with Crippen LogP contribution in [0, 0.1) is 0 Å². The van der Waals surface area contributed by atoms with E-state index in [1.807, 2.05) is 54.6 Å². The highest BCUT2D eigenvalue weighted by atomic mass is 35.5. The van der Waals surface area contributed by atoms with Crippen LogP contribution in [0.3, 0.4) is 0 Å². The molecule has 1 aliphatic heterocycles. The second-order valence-electron chi connectivity index (χ2n) is 6.17. The van der Waals surface area contributed by atoms with Gasteiger partial charge < -0.3 is 15.0 Å². The molecule has 5 nitrogen and oxygen atoms in total. The van der Waals surface area contributed by atoms with Gasteiger partial charge >= 0.3 is 6.09 Å². The Morgan fingerprint density at radius 2 is 1.81 bits per heavy atom. The van der Waals surface area contributed by atoms with E-state index >= 15 is 0 Å². The van der Waals surface area contributed by atoms with E-state index in [1.165, 1.54) is 0 Å². The molecule has 2 aromatic rings. The zero-order chi connectivity index (χ0) is 18.4. The summed E-state index contributed by atoms with van der Waals surface area (Å²) in [5.41, 5.74) is 2.12. The summed E-state index contributed by atoms with van der Waals surface area (Å²) in [5.74, 6) is -0.105. The van der Waals surface area contributed by atoms with Gasteiger partial charge in [-0.15, -0.1) is 0 Å². The second kappa shape index (κ2) is 8.72. The van der Waals surface area contributed by atoms with Gasteiger partial charge in [0.1, 0.15) is 6.61 Å². The van der Waals surface area contributed by atoms with Gasteiger partial charge in [-0.2, -0.15) is 0 Å². The van der Waals surface area contributed by atoms with Gasteiger partial charge in [0, 0.05) is 30.5 Å². The maximum atomic E-state index is 12.5. The molecular weight excluding hydrogens is 352 g/mol. The van der Waals surface area contributed by atoms with Crippen molar-refractivity contribution < 1.29 is 14.3 Å². The average Bonchev–Trinajstić information content (AvgIpc) is 3.06. The number of ether oxygens (including phenoxy) is 1. The van der Waals surface area contributed by atoms with Gasteiger partial charge in [0.15, 0.2) is 0 Å². The van der Waals surface area contributed by atoms with Gasteiger partial charge in [0.05, 0.1) is 6.54 Å². The molecule has 0 radical (unpaired) electrons. The van der Waals surface area contributed by atoms with Gasteiger partial charge in [0.25, 0.3) is 0 Å². The van der Waals surface area contributed by atoms with Crippen LogP contribution in [0.5, 0.6) is 0 Å². The fourth-order valence-electron chi connectivity index (χ4n) is 3.03. The molecule has 1 saturated heterocycles. The molecular formula is C20H21ClN2O3. The molecule has 0 saturated carbocycles. The van der Waals surface area contributed by atoms with Crippen molar-refractivity contribution in [2.45, 2.75) is 12.3 Å². The van der Waals surface area contributed by atoms with Crippen molar-refractivity contribution in [3.05, 3.63) is 70.7 Å². The van der Waals surface area contributed by atoms with Crippen molar-refractivity contribution in [2.24, 2.45) is 0 Å². The standard InChI is InChI=1S/C20H21ClN2O3/c21-17-8-6-16(7-9-17)18(15-4-2-1-3-5-15)14-19(24)22-10-11-23-12-13-26-20(23)25/h1-9,18H,10-14H2,(H,22,24)/t18-/m0/s1. The normalized spacial score (nSPS) is 14.8. The Hall–Kier alpha value is -2.53. The largest absolute Gasteiger partial charge is 0.448 e. The zero-order valence-corrected chi connectivity index (χ0v) is 15.1. The van der Waals surface area contributed by atoms with Crippen LogP contribution >= 0.6 is 11.6 Å². The molecule has 26 heavy (non-hydrogen) atoms. The van der Waals surface area contributed by atoms with E-state index in [2.05, 4.69) is 5.32 Å². The van der Waals surface area contributed by atoms with Gasteiger partial charge in [0.2, 0.25) is 5.91 Å². The van der Waals surface area contributed by atoms with Crippen molar-refractivity contribution in [2.75, 3.05) is 26.2 Å². The van der Waals surface area contributed by atoms with Crippen molar-refractivity contribution >= 4 is 23.6 Å². The van der Waals surface area contributed by atoms with Crippen LogP contribution < -0.4 is 5.32 Å². The number of nitrogens with one attached hydrogen (secondary N) is 1. The quantitative estimate of drug-likeness (QED) is 0.810. The van der Waals surface area contributed by atoms with Crippen LogP contribution in [0.1, 0.15) is 23.5 Å². The highest BCUT2D eigenvalue weighted by molar-refractivity contribution is 6.30. The number of amides is 2. The maximum absolute atomic E-state index is 12.5. The Morgan fingerprint density at radius 1 is 1.12 bits per heavy atom. The number of halogens is 1. The van der Waals surface area contributed by atoms with Gasteiger partial charge in [-0.1, -0.05) is 54.1 Å². The molecule has 0 spiro atoms. The molecule has 1 N–H and O–H groups in total. The summed E-state index contributed by atoms with van der Waals surface area (Å²) in [5, 5.41) is 3.57. The Bertz CT molecular complexity index is 749. The number of hydrogen-bond acceptors (Lipinski definition) is 3. The summed E-state index contributed by atoms with van der Waals surface area (Å²) in [7, 11) is 0. The minimum absolute atomic E-state index is 0.0507. The molecule has 136 valence electrons. The van der Waals surface area contributed by atoms with E-state index in [1.54, 1.807) is 4.90 Å². The van der Waals surface area contributed by atoms with Crippen LogP contribution in [0.15, 0.2) is 54.6 Å². The Kier molecular flexibility index (Phi) is 6.12. The summed E-state index contributed by atoms with van der Waals surface area (Å²) in [4.78, 5) is 25.4. The molecule has 1 fully saturated rings. The third-order valence-corrected chi connectivity index (χ3v) is 4.66. The Balaban J connectivity index is 1.62. The molecule has 2 aromatic carbocycles. The molecule has 0 bridgehead atoms. The predicted octanol–water partition coefficient (Wildman–Crippen LogP) is 3.43. The lowest BCUT2D eigenvalue weighted by Crippen LogP contribution is -2.35. The lowest BCUT2D eigenvalue weighted by Gasteiger charge is -2.19. The SMILES string of the molecule is O=C(C[C@@H](c1ccccc1)c1ccc(Cl)cc1)NCCN1CCOC1=O. The third kappa shape index (κ3) is 4.76. The third-order valence-electron chi connectivity index (χ3n) is 4.41. The molecule has 1 aliphatic rings. The first kappa shape index (κ1) is 18.3. The van der Waals surface area contributed by atoms with Crippen molar-refractivity contribution in [3.8, 4) is 0 Å². The van der Waals surface area contributed by atoms with E-state index in [4.69, 9.17) is 16.3 Å². The molecule has 0 aliphatic carbocycles. The lowest BCUT2D eigenvalue weighted by molar-refractivity contribution is -0.121. The number of nitrogens with zero attached hydrogens (tertiary/aromatic N) is 1. The highest BCUT2D eigenvalue weighted by Crippen LogP contribution is 2.28. The van der Waals surface area contributed by atoms with E-state index < -0.39 is 0 Å². The first-order valence-electron chi connectivity index (χ1n) is 8.62. The fourth-order valence-corrected chi connectivity index (χ4v) is 3.15. The summed E-state index contributed by atoms with van der Waals surface area (Å²) in [6, 6.07) is 17.5. The number of cyclic esters (lactones) is 1. The van der Waals surface area contributed by atoms with Crippen molar-refractivity contribution in [3.63, 3.8) is 0 Å². The smallest absolute Gasteiger partial charge is 0.409 e. The number of hydrogen-bond donors (Lipinski definition) is 1. The zero-order valence-electron chi connectivity index (χ0n) is 14.4. The molecule has 1 atom stereocenters. The first-order chi connectivity index (χ1) is 12.6. The van der Waals surface area contributed by atoms with E-state index in [-0.39, 0.29) is 17.9 Å². The van der Waals surface area contributed by atoms with Crippen LogP contribution in [-0.4, -0.2) is 43.1 Å². The Labute approximate surface area is 157 Å². The second-order valence-corrected chi connectivity index (χ2v) is 6.61. The minimum atomic E-state index is -0.317. The summed E-state index contributed by atoms with van der Waals surface area (Å²) >= 11 is 5.99. The topological polar surface area (TPSA) is 58.6 Å². The van der Waals surface area contributed by atoms with Gasteiger partial charge in [-0.25, -0.2) is 4.79 Å². The summed E-state index contributed by atoms with van der Waals surface area (Å²) < 4.78 is 4.88. The van der Waals surface area contributed by atoms with Crippen molar-refractivity contribution in [1.29, 1.82) is 0 Å². The number of rotatable bonds is 7. The first-order valence-corrected chi connectivity index (χ1v) is 9.00. The minimum Gasteiger partial charge on any atom is -0.448 e. The summed E-state index contributed by atoms with van der Waals surface area (Å²) in [6.07, 6.45) is 0.0124. The lowest BCUT2D eigenvalue weighted by atomic mass is 9.88. The van der Waals surface area contributed by atoms with Gasteiger partial charge in [-0.3, -0.25) is 4.79 Å². The van der Waals surface area contributed by atoms with Crippen LogP contribution in [-0.2, 0) is 9.53 Å². The molecule has 3 rings (SSSR count). The van der Waals surface area contributed by atoms with E-state index in [9.17, 15) is 9.59 Å². The fraction of sp³-hybridized carbons (Fsp3) is 0.300. The maximum Gasteiger partial charge on any atom is 0.409 e. The average molecular weight is 373 g/mol. The van der Waals surface area contributed by atoms with Crippen molar-refractivity contribution in [1.82, 2.24) is 10.2 Å².